The van der Waals surface area contributed by atoms with E-state index in [1.165, 1.54) is 0 Å². The molecule has 0 aromatic carbocycles. The molecule has 23 heavy (non-hydrogen) atoms. The topological polar surface area (TPSA) is 51.8 Å². The summed E-state index contributed by atoms with van der Waals surface area (Å²) >= 11 is 6.32. The maximum Gasteiger partial charge on any atom is 0.245 e. The quantitative estimate of drug-likeness (QED) is 0.653. The van der Waals surface area contributed by atoms with Gasteiger partial charge < -0.3 is 4.42 Å². The van der Waals surface area contributed by atoms with Crippen molar-refractivity contribution in [2.24, 2.45) is 0 Å². The van der Waals surface area contributed by atoms with Gasteiger partial charge in [-0.05, 0) is 37.1 Å². The van der Waals surface area contributed by atoms with Gasteiger partial charge in [0.1, 0.15) is 11.5 Å². The molecule has 0 radical (unpaired) electrons. The lowest BCUT2D eigenvalue weighted by molar-refractivity contribution is 0.504. The van der Waals surface area contributed by atoms with Gasteiger partial charge in [-0.3, -0.25) is 9.97 Å². The Bertz CT molecular complexity index is 816. The van der Waals surface area contributed by atoms with Crippen molar-refractivity contribution < 1.29 is 4.42 Å². The minimum absolute atomic E-state index is 0.284. The second kappa shape index (κ2) is 6.13. The summed E-state index contributed by atoms with van der Waals surface area (Å²) in [5.74, 6) is 1.86. The van der Waals surface area contributed by atoms with Crippen molar-refractivity contribution >= 4 is 11.6 Å². The van der Waals surface area contributed by atoms with E-state index >= 15 is 0 Å². The van der Waals surface area contributed by atoms with Crippen LogP contribution in [0.25, 0.3) is 11.6 Å². The third kappa shape index (κ3) is 2.86. The lowest BCUT2D eigenvalue weighted by Gasteiger charge is -2.14. The summed E-state index contributed by atoms with van der Waals surface area (Å²) in [5.41, 5.74) is 2.74. The Morgan fingerprint density at radius 2 is 2.00 bits per heavy atom. The Labute approximate surface area is 139 Å². The molecular formula is C18H16ClN3O. The number of aromatic nitrogens is 3. The lowest BCUT2D eigenvalue weighted by atomic mass is 9.95. The van der Waals surface area contributed by atoms with Gasteiger partial charge in [0, 0.05) is 31.2 Å². The summed E-state index contributed by atoms with van der Waals surface area (Å²) in [4.78, 5) is 13.5. The second-order valence-electron chi connectivity index (χ2n) is 5.77. The molecule has 0 saturated heterocycles. The molecule has 0 fully saturated rings. The van der Waals surface area contributed by atoms with Crippen LogP contribution >= 0.6 is 11.6 Å². The van der Waals surface area contributed by atoms with Gasteiger partial charge in [-0.2, -0.15) is 0 Å². The standard InChI is InChI=1S/C18H16ClN3O/c19-13-6-4-10-21-17(13)12-5-3-8-16-15(11-12)22-18(23-16)14-7-1-2-9-20-14/h1-2,4,6-7,9-10,12H,3,5,8,11H2. The highest BCUT2D eigenvalue weighted by Gasteiger charge is 2.25. The number of halogens is 1. The van der Waals surface area contributed by atoms with E-state index in [1.807, 2.05) is 30.3 Å². The molecule has 5 heteroatoms. The molecule has 1 aliphatic carbocycles. The van der Waals surface area contributed by atoms with Crippen molar-refractivity contribution in [2.75, 3.05) is 0 Å². The van der Waals surface area contributed by atoms with Crippen LogP contribution in [0.3, 0.4) is 0 Å². The van der Waals surface area contributed by atoms with Crippen molar-refractivity contribution in [1.82, 2.24) is 15.0 Å². The van der Waals surface area contributed by atoms with Gasteiger partial charge in [0.15, 0.2) is 0 Å². The average molecular weight is 326 g/mol. The highest BCUT2D eigenvalue weighted by molar-refractivity contribution is 6.31. The van der Waals surface area contributed by atoms with Crippen molar-refractivity contribution in [3.63, 3.8) is 0 Å². The van der Waals surface area contributed by atoms with E-state index in [2.05, 4.69) is 15.0 Å². The zero-order valence-corrected chi connectivity index (χ0v) is 13.3. The molecule has 1 atom stereocenters. The van der Waals surface area contributed by atoms with E-state index < -0.39 is 0 Å². The number of rotatable bonds is 2. The van der Waals surface area contributed by atoms with Crippen LogP contribution in [0.5, 0.6) is 0 Å². The molecule has 4 nitrogen and oxygen atoms in total. The van der Waals surface area contributed by atoms with E-state index in [0.717, 1.165) is 53.5 Å². The minimum atomic E-state index is 0.284. The molecule has 0 saturated carbocycles. The fourth-order valence-electron chi connectivity index (χ4n) is 3.11. The maximum atomic E-state index is 6.32. The Balaban J connectivity index is 1.67. The lowest BCUT2D eigenvalue weighted by Crippen LogP contribution is -2.05. The molecule has 1 unspecified atom stereocenters. The SMILES string of the molecule is Clc1cccnc1C1CCCc2oc(-c3ccccn3)nc2C1. The number of aryl methyl sites for hydroxylation is 1. The number of oxazole rings is 1. The molecule has 3 aromatic heterocycles. The van der Waals surface area contributed by atoms with E-state index in [4.69, 9.17) is 16.0 Å². The molecule has 0 bridgehead atoms. The van der Waals surface area contributed by atoms with Crippen LogP contribution in [0.4, 0.5) is 0 Å². The third-order valence-electron chi connectivity index (χ3n) is 4.23. The molecule has 0 amide bonds. The summed E-state index contributed by atoms with van der Waals surface area (Å²) in [5, 5.41) is 0.731. The van der Waals surface area contributed by atoms with Gasteiger partial charge in [0.2, 0.25) is 5.89 Å². The Hall–Kier alpha value is -2.20. The molecular weight excluding hydrogens is 310 g/mol. The molecule has 1 aliphatic rings. The van der Waals surface area contributed by atoms with Crippen molar-refractivity contribution in [3.05, 3.63) is 64.9 Å². The van der Waals surface area contributed by atoms with Crippen LogP contribution in [0, 0.1) is 0 Å². The Kier molecular flexibility index (Phi) is 3.83. The fourth-order valence-corrected chi connectivity index (χ4v) is 3.39. The summed E-state index contributed by atoms with van der Waals surface area (Å²) in [6.07, 6.45) is 7.35. The summed E-state index contributed by atoms with van der Waals surface area (Å²) in [7, 11) is 0. The largest absolute Gasteiger partial charge is 0.440 e. The molecule has 4 rings (SSSR count). The van der Waals surface area contributed by atoms with E-state index in [1.54, 1.807) is 12.4 Å². The van der Waals surface area contributed by atoms with Crippen molar-refractivity contribution in [3.8, 4) is 11.6 Å². The Morgan fingerprint density at radius 1 is 1.09 bits per heavy atom. The number of hydrogen-bond donors (Lipinski definition) is 0. The molecule has 116 valence electrons. The Morgan fingerprint density at radius 3 is 2.83 bits per heavy atom. The van der Waals surface area contributed by atoms with E-state index in [9.17, 15) is 0 Å². The van der Waals surface area contributed by atoms with Gasteiger partial charge in [0.05, 0.1) is 16.4 Å². The van der Waals surface area contributed by atoms with Gasteiger partial charge in [-0.1, -0.05) is 17.7 Å². The van der Waals surface area contributed by atoms with Crippen molar-refractivity contribution in [1.29, 1.82) is 0 Å². The van der Waals surface area contributed by atoms with Gasteiger partial charge in [0.25, 0.3) is 0 Å². The van der Waals surface area contributed by atoms with Crippen LogP contribution < -0.4 is 0 Å². The van der Waals surface area contributed by atoms with Crippen LogP contribution in [-0.4, -0.2) is 15.0 Å². The third-order valence-corrected chi connectivity index (χ3v) is 4.55. The molecule has 3 heterocycles. The first-order valence-corrected chi connectivity index (χ1v) is 8.19. The van der Waals surface area contributed by atoms with Gasteiger partial charge in [-0.25, -0.2) is 4.98 Å². The fraction of sp³-hybridized carbons (Fsp3) is 0.278. The van der Waals surface area contributed by atoms with E-state index in [0.29, 0.717) is 5.89 Å². The summed E-state index contributed by atoms with van der Waals surface area (Å²) in [6, 6.07) is 9.50. The minimum Gasteiger partial charge on any atom is -0.440 e. The summed E-state index contributed by atoms with van der Waals surface area (Å²) in [6.45, 7) is 0. The predicted molar refractivity (Wildman–Crippen MR) is 88.4 cm³/mol. The van der Waals surface area contributed by atoms with Gasteiger partial charge >= 0.3 is 0 Å². The molecule has 3 aromatic rings. The number of hydrogen-bond acceptors (Lipinski definition) is 4. The van der Waals surface area contributed by atoms with Crippen LogP contribution in [0.1, 0.15) is 35.9 Å². The maximum absolute atomic E-state index is 6.32. The van der Waals surface area contributed by atoms with Crippen LogP contribution in [0.2, 0.25) is 5.02 Å². The van der Waals surface area contributed by atoms with Gasteiger partial charge in [-0.15, -0.1) is 0 Å². The zero-order valence-electron chi connectivity index (χ0n) is 12.6. The second-order valence-corrected chi connectivity index (χ2v) is 6.17. The molecule has 0 N–H and O–H groups in total. The first kappa shape index (κ1) is 14.4. The number of nitrogens with zero attached hydrogens (tertiary/aromatic N) is 3. The normalized spacial score (nSPS) is 17.5. The highest BCUT2D eigenvalue weighted by Crippen LogP contribution is 2.35. The van der Waals surface area contributed by atoms with Crippen LogP contribution in [0.15, 0.2) is 47.1 Å². The number of pyridine rings is 2. The average Bonchev–Trinajstić information content (AvgIpc) is 2.88. The predicted octanol–water partition coefficient (Wildman–Crippen LogP) is 4.45. The van der Waals surface area contributed by atoms with E-state index in [-0.39, 0.29) is 5.92 Å². The zero-order chi connectivity index (χ0) is 15.6. The van der Waals surface area contributed by atoms with Crippen molar-refractivity contribution in [2.45, 2.75) is 31.6 Å². The monoisotopic (exact) mass is 325 g/mol. The first-order chi connectivity index (χ1) is 11.3. The molecule has 0 aliphatic heterocycles. The number of fused-ring (bicyclic) bond motifs is 1. The molecule has 0 spiro atoms. The summed E-state index contributed by atoms with van der Waals surface area (Å²) < 4.78 is 5.96. The smallest absolute Gasteiger partial charge is 0.245 e. The van der Waals surface area contributed by atoms with Crippen LogP contribution in [-0.2, 0) is 12.8 Å². The highest BCUT2D eigenvalue weighted by atomic mass is 35.5. The first-order valence-electron chi connectivity index (χ1n) is 7.81.